The molecule has 1 aliphatic heterocycles. The van der Waals surface area contributed by atoms with Crippen molar-refractivity contribution in [2.75, 3.05) is 12.1 Å². The summed E-state index contributed by atoms with van der Waals surface area (Å²) in [5.74, 6) is 1.03. The van der Waals surface area contributed by atoms with E-state index in [2.05, 4.69) is 17.5 Å². The highest BCUT2D eigenvalue weighted by molar-refractivity contribution is 5.98. The quantitative estimate of drug-likeness (QED) is 0.440. The number of carbonyl (C=O) groups excluding carboxylic acids is 2. The fraction of sp³-hybridized carbons (Fsp3) is 0.267. The Morgan fingerprint density at radius 1 is 0.889 bits per heavy atom. The van der Waals surface area contributed by atoms with Crippen LogP contribution >= 0.6 is 0 Å². The highest BCUT2D eigenvalue weighted by atomic mass is 16.7. The molecule has 3 aromatic carbocycles. The minimum atomic E-state index is -0.614. The topological polar surface area (TPSA) is 67.9 Å². The number of nitrogens with one attached hydrogen (secondary N) is 1. The van der Waals surface area contributed by atoms with Gasteiger partial charge in [0.15, 0.2) is 11.5 Å². The van der Waals surface area contributed by atoms with Gasteiger partial charge in [-0.3, -0.25) is 9.59 Å². The van der Waals surface area contributed by atoms with Crippen LogP contribution in [0.5, 0.6) is 11.5 Å². The Labute approximate surface area is 211 Å². The number of hydrogen-bond donors (Lipinski definition) is 1. The molecule has 0 spiro atoms. The van der Waals surface area contributed by atoms with Crippen LogP contribution in [0.4, 0.5) is 5.69 Å². The average molecular weight is 483 g/mol. The molecule has 5 rings (SSSR count). The van der Waals surface area contributed by atoms with Crippen LogP contribution in [-0.2, 0) is 22.6 Å². The lowest BCUT2D eigenvalue weighted by Crippen LogP contribution is -2.51. The minimum Gasteiger partial charge on any atom is -0.454 e. The zero-order valence-electron chi connectivity index (χ0n) is 20.1. The summed E-state index contributed by atoms with van der Waals surface area (Å²) < 4.78 is 10.9. The summed E-state index contributed by atoms with van der Waals surface area (Å²) in [6.45, 7) is 0.536. The Kier molecular flexibility index (Phi) is 7.31. The third-order valence-corrected chi connectivity index (χ3v) is 6.71. The maximum absolute atomic E-state index is 13.9. The van der Waals surface area contributed by atoms with Crippen molar-refractivity contribution >= 4 is 17.5 Å². The monoisotopic (exact) mass is 482 g/mol. The van der Waals surface area contributed by atoms with Gasteiger partial charge in [-0.1, -0.05) is 72.8 Å². The second-order valence-electron chi connectivity index (χ2n) is 9.22. The third-order valence-electron chi connectivity index (χ3n) is 6.71. The van der Waals surface area contributed by atoms with Crippen molar-refractivity contribution in [2.45, 2.75) is 38.3 Å². The first kappa shape index (κ1) is 23.7. The van der Waals surface area contributed by atoms with E-state index < -0.39 is 6.04 Å². The van der Waals surface area contributed by atoms with Crippen LogP contribution in [0.15, 0.2) is 91.0 Å². The molecule has 2 atom stereocenters. The van der Waals surface area contributed by atoms with Crippen molar-refractivity contribution in [3.8, 4) is 11.5 Å². The first-order chi connectivity index (χ1) is 17.7. The fourth-order valence-corrected chi connectivity index (χ4v) is 4.90. The lowest BCUT2D eigenvalue weighted by atomic mass is 9.85. The van der Waals surface area contributed by atoms with Crippen molar-refractivity contribution in [1.29, 1.82) is 0 Å². The molecule has 6 heteroatoms. The third kappa shape index (κ3) is 5.60. The Hall–Kier alpha value is -4.06. The highest BCUT2D eigenvalue weighted by Crippen LogP contribution is 2.35. The molecule has 1 heterocycles. The summed E-state index contributed by atoms with van der Waals surface area (Å²) in [6.07, 6.45) is 7.01. The SMILES string of the molecule is O=C(Nc1ccc2c(c1)OCO2)C(C1CC=CCC1)N(Cc1ccccc1)C(=O)Cc1ccccc1. The van der Waals surface area contributed by atoms with Gasteiger partial charge in [0.1, 0.15) is 6.04 Å². The first-order valence-corrected chi connectivity index (χ1v) is 12.4. The van der Waals surface area contributed by atoms with Gasteiger partial charge in [-0.25, -0.2) is 0 Å². The second kappa shape index (κ2) is 11.1. The van der Waals surface area contributed by atoms with E-state index in [1.54, 1.807) is 23.1 Å². The van der Waals surface area contributed by atoms with Gasteiger partial charge in [-0.05, 0) is 48.4 Å². The summed E-state index contributed by atoms with van der Waals surface area (Å²) in [4.78, 5) is 29.5. The first-order valence-electron chi connectivity index (χ1n) is 12.4. The van der Waals surface area contributed by atoms with Gasteiger partial charge in [0.25, 0.3) is 0 Å². The Balaban J connectivity index is 1.46. The van der Waals surface area contributed by atoms with Crippen molar-refractivity contribution in [3.63, 3.8) is 0 Å². The van der Waals surface area contributed by atoms with E-state index in [-0.39, 0.29) is 30.9 Å². The molecule has 3 aromatic rings. The zero-order valence-corrected chi connectivity index (χ0v) is 20.1. The van der Waals surface area contributed by atoms with Crippen molar-refractivity contribution in [1.82, 2.24) is 4.90 Å². The van der Waals surface area contributed by atoms with Gasteiger partial charge in [-0.15, -0.1) is 0 Å². The van der Waals surface area contributed by atoms with Gasteiger partial charge in [0.05, 0.1) is 6.42 Å². The van der Waals surface area contributed by atoms with E-state index in [4.69, 9.17) is 9.47 Å². The van der Waals surface area contributed by atoms with E-state index in [0.717, 1.165) is 30.4 Å². The summed E-state index contributed by atoms with van der Waals surface area (Å²) in [6, 6.07) is 24.3. The number of anilines is 1. The van der Waals surface area contributed by atoms with Crippen molar-refractivity contribution in [3.05, 3.63) is 102 Å². The maximum Gasteiger partial charge on any atom is 0.247 e. The highest BCUT2D eigenvalue weighted by Gasteiger charge is 2.36. The fourth-order valence-electron chi connectivity index (χ4n) is 4.90. The molecule has 0 fully saturated rings. The Bertz CT molecular complexity index is 1230. The lowest BCUT2D eigenvalue weighted by Gasteiger charge is -2.37. The standard InChI is InChI=1S/C30H30N2O4/c33-28(18-22-10-4-1-5-11-22)32(20-23-12-6-2-7-13-23)29(24-14-8-3-9-15-24)30(34)31-25-16-17-26-27(19-25)36-21-35-26/h1-8,10-13,16-17,19,24,29H,9,14-15,18,20-21H2,(H,31,34). The van der Waals surface area contributed by atoms with Crippen molar-refractivity contribution < 1.29 is 19.1 Å². The molecule has 2 amide bonds. The molecule has 2 aliphatic rings. The molecule has 0 radical (unpaired) electrons. The van der Waals surface area contributed by atoms with E-state index in [1.165, 1.54) is 0 Å². The minimum absolute atomic E-state index is 0.0208. The van der Waals surface area contributed by atoms with Gasteiger partial charge >= 0.3 is 0 Å². The van der Waals surface area contributed by atoms with Crippen LogP contribution in [0, 0.1) is 5.92 Å². The zero-order chi connectivity index (χ0) is 24.7. The Morgan fingerprint density at radius 3 is 2.33 bits per heavy atom. The smallest absolute Gasteiger partial charge is 0.247 e. The van der Waals surface area contributed by atoms with Gasteiger partial charge in [0, 0.05) is 18.3 Å². The van der Waals surface area contributed by atoms with Crippen LogP contribution in [0.1, 0.15) is 30.4 Å². The molecular weight excluding hydrogens is 452 g/mol. The van der Waals surface area contributed by atoms with Crippen LogP contribution in [-0.4, -0.2) is 29.5 Å². The lowest BCUT2D eigenvalue weighted by molar-refractivity contribution is -0.141. The number of ether oxygens (including phenoxy) is 2. The number of carbonyl (C=O) groups is 2. The predicted octanol–water partition coefficient (Wildman–Crippen LogP) is 5.35. The predicted molar refractivity (Wildman–Crippen MR) is 139 cm³/mol. The molecule has 2 unspecified atom stereocenters. The van der Waals surface area contributed by atoms with E-state index in [1.807, 2.05) is 60.7 Å². The maximum atomic E-state index is 13.9. The molecule has 36 heavy (non-hydrogen) atoms. The number of hydrogen-bond acceptors (Lipinski definition) is 4. The second-order valence-corrected chi connectivity index (χ2v) is 9.22. The molecule has 0 saturated carbocycles. The number of fused-ring (bicyclic) bond motifs is 1. The van der Waals surface area contributed by atoms with E-state index in [9.17, 15) is 9.59 Å². The number of amides is 2. The summed E-state index contributed by atoms with van der Waals surface area (Å²) >= 11 is 0. The van der Waals surface area contributed by atoms with Crippen LogP contribution < -0.4 is 14.8 Å². The Morgan fingerprint density at radius 2 is 1.61 bits per heavy atom. The van der Waals surface area contributed by atoms with Gasteiger partial charge in [-0.2, -0.15) is 0 Å². The van der Waals surface area contributed by atoms with Gasteiger partial charge in [0.2, 0.25) is 18.6 Å². The number of rotatable bonds is 8. The number of allylic oxidation sites excluding steroid dienone is 2. The molecule has 0 bridgehead atoms. The summed E-state index contributed by atoms with van der Waals surface area (Å²) in [5, 5.41) is 3.06. The normalized spacial score (nSPS) is 16.8. The molecule has 184 valence electrons. The summed E-state index contributed by atoms with van der Waals surface area (Å²) in [5.41, 5.74) is 2.54. The molecule has 1 N–H and O–H groups in total. The summed E-state index contributed by atoms with van der Waals surface area (Å²) in [7, 11) is 0. The molecule has 0 aromatic heterocycles. The van der Waals surface area contributed by atoms with Gasteiger partial charge < -0.3 is 19.7 Å². The average Bonchev–Trinajstić information content (AvgIpc) is 3.38. The molecule has 1 aliphatic carbocycles. The number of nitrogens with zero attached hydrogens (tertiary/aromatic N) is 1. The van der Waals surface area contributed by atoms with Crippen molar-refractivity contribution in [2.24, 2.45) is 5.92 Å². The van der Waals surface area contributed by atoms with Crippen LogP contribution in [0.3, 0.4) is 0 Å². The molecular formula is C30H30N2O4. The molecule has 6 nitrogen and oxygen atoms in total. The number of benzene rings is 3. The van der Waals surface area contributed by atoms with Crippen LogP contribution in [0.25, 0.3) is 0 Å². The largest absolute Gasteiger partial charge is 0.454 e. The van der Waals surface area contributed by atoms with E-state index in [0.29, 0.717) is 23.7 Å². The van der Waals surface area contributed by atoms with Crippen LogP contribution in [0.2, 0.25) is 0 Å². The molecule has 0 saturated heterocycles. The van der Waals surface area contributed by atoms with E-state index >= 15 is 0 Å².